The van der Waals surface area contributed by atoms with Gasteiger partial charge in [0.1, 0.15) is 11.0 Å². The van der Waals surface area contributed by atoms with Crippen molar-refractivity contribution in [2.24, 2.45) is 0 Å². The molecule has 1 N–H and O–H groups in total. The Morgan fingerprint density at radius 1 is 1.41 bits per heavy atom. The molecule has 9 heteroatoms. The summed E-state index contributed by atoms with van der Waals surface area (Å²) in [6.07, 6.45) is 3.26. The van der Waals surface area contributed by atoms with Crippen LogP contribution in [0.4, 0.5) is 10.1 Å². The summed E-state index contributed by atoms with van der Waals surface area (Å²) in [5.74, 6) is -0.710. The van der Waals surface area contributed by atoms with Crippen LogP contribution in [0.2, 0.25) is 5.15 Å². The Balaban J connectivity index is 1.75. The van der Waals surface area contributed by atoms with Crippen LogP contribution in [0.15, 0.2) is 24.3 Å². The lowest BCUT2D eigenvalue weighted by molar-refractivity contribution is -0.111. The molecule has 1 fully saturated rings. The van der Waals surface area contributed by atoms with Gasteiger partial charge in [-0.2, -0.15) is 5.10 Å². The molecular weight excluding hydrogens is 393 g/mol. The van der Waals surface area contributed by atoms with E-state index in [1.54, 1.807) is 26.0 Å². The number of nitrogens with zero attached hydrogens (tertiary/aromatic N) is 2. The number of sulfone groups is 1. The molecule has 0 bridgehead atoms. The van der Waals surface area contributed by atoms with E-state index < -0.39 is 21.6 Å². The van der Waals surface area contributed by atoms with E-state index in [1.807, 2.05) is 0 Å². The number of aryl methyl sites for hydroxylation is 2. The van der Waals surface area contributed by atoms with E-state index >= 15 is 0 Å². The third kappa shape index (κ3) is 4.39. The molecule has 3 rings (SSSR count). The van der Waals surface area contributed by atoms with E-state index in [0.717, 1.165) is 0 Å². The van der Waals surface area contributed by atoms with Gasteiger partial charge in [0, 0.05) is 17.3 Å². The lowest BCUT2D eigenvalue weighted by Crippen LogP contribution is -2.12. The van der Waals surface area contributed by atoms with Gasteiger partial charge in [0.25, 0.3) is 0 Å². The number of benzene rings is 1. The number of hydrogen-bond acceptors (Lipinski definition) is 4. The Hall–Kier alpha value is -2.19. The van der Waals surface area contributed by atoms with Gasteiger partial charge in [-0.1, -0.05) is 17.7 Å². The fourth-order valence-corrected chi connectivity index (χ4v) is 5.01. The zero-order valence-corrected chi connectivity index (χ0v) is 16.4. The molecule has 1 saturated heterocycles. The molecule has 0 aliphatic carbocycles. The molecule has 27 heavy (non-hydrogen) atoms. The van der Waals surface area contributed by atoms with Crippen molar-refractivity contribution in [3.05, 3.63) is 52.1 Å². The highest BCUT2D eigenvalue weighted by Crippen LogP contribution is 2.30. The van der Waals surface area contributed by atoms with Gasteiger partial charge in [-0.05, 0) is 44.0 Å². The van der Waals surface area contributed by atoms with Crippen molar-refractivity contribution in [3.63, 3.8) is 0 Å². The lowest BCUT2D eigenvalue weighted by atomic mass is 10.2. The normalized spacial score (nSPS) is 18.9. The molecule has 1 atom stereocenters. The van der Waals surface area contributed by atoms with Gasteiger partial charge < -0.3 is 5.32 Å². The first-order valence-corrected chi connectivity index (χ1v) is 10.6. The third-order valence-electron chi connectivity index (χ3n) is 4.47. The third-order valence-corrected chi connectivity index (χ3v) is 6.59. The minimum Gasteiger partial charge on any atom is -0.322 e. The molecule has 0 unspecified atom stereocenters. The minimum atomic E-state index is -3.06. The van der Waals surface area contributed by atoms with Crippen LogP contribution in [0.1, 0.15) is 29.3 Å². The van der Waals surface area contributed by atoms with Crippen LogP contribution in [-0.2, 0) is 14.6 Å². The first-order chi connectivity index (χ1) is 12.7. The van der Waals surface area contributed by atoms with Gasteiger partial charge in [0.2, 0.25) is 5.91 Å². The highest BCUT2D eigenvalue weighted by atomic mass is 35.5. The summed E-state index contributed by atoms with van der Waals surface area (Å²) < 4.78 is 38.4. The molecule has 0 radical (unpaired) electrons. The molecule has 1 amide bonds. The molecule has 2 aromatic rings. The van der Waals surface area contributed by atoms with Gasteiger partial charge in [0.15, 0.2) is 9.84 Å². The second-order valence-corrected chi connectivity index (χ2v) is 9.16. The number of anilines is 1. The quantitative estimate of drug-likeness (QED) is 0.782. The summed E-state index contributed by atoms with van der Waals surface area (Å²) in [5, 5.41) is 7.20. The molecule has 1 aromatic heterocycles. The van der Waals surface area contributed by atoms with E-state index in [9.17, 15) is 17.6 Å². The van der Waals surface area contributed by atoms with Crippen molar-refractivity contribution < 1.29 is 17.6 Å². The lowest BCUT2D eigenvalue weighted by Gasteiger charge is -2.09. The summed E-state index contributed by atoms with van der Waals surface area (Å²) in [7, 11) is -3.06. The molecule has 1 aliphatic rings. The monoisotopic (exact) mass is 411 g/mol. The maximum absolute atomic E-state index is 13.6. The maximum Gasteiger partial charge on any atom is 0.248 e. The van der Waals surface area contributed by atoms with Crippen molar-refractivity contribution in [2.75, 3.05) is 16.8 Å². The van der Waals surface area contributed by atoms with E-state index in [1.165, 1.54) is 22.9 Å². The Labute approximate surface area is 161 Å². The number of hydrogen-bond donors (Lipinski definition) is 1. The Bertz CT molecular complexity index is 1030. The number of carbonyl (C=O) groups excluding carboxylic acids is 1. The van der Waals surface area contributed by atoms with Crippen LogP contribution in [-0.4, -0.2) is 35.6 Å². The Kier molecular flexibility index (Phi) is 5.39. The van der Waals surface area contributed by atoms with Gasteiger partial charge >= 0.3 is 0 Å². The number of amides is 1. The Morgan fingerprint density at radius 3 is 2.78 bits per heavy atom. The first-order valence-electron chi connectivity index (χ1n) is 8.36. The molecule has 2 heterocycles. The molecule has 1 aliphatic heterocycles. The van der Waals surface area contributed by atoms with Gasteiger partial charge in [-0.15, -0.1) is 0 Å². The predicted molar refractivity (Wildman–Crippen MR) is 103 cm³/mol. The van der Waals surface area contributed by atoms with Crippen molar-refractivity contribution in [3.8, 4) is 0 Å². The summed E-state index contributed by atoms with van der Waals surface area (Å²) in [6.45, 7) is 3.37. The number of carbonyl (C=O) groups is 1. The van der Waals surface area contributed by atoms with Gasteiger partial charge in [-0.25, -0.2) is 17.5 Å². The molecule has 1 aromatic carbocycles. The molecule has 0 spiro atoms. The highest BCUT2D eigenvalue weighted by molar-refractivity contribution is 7.91. The summed E-state index contributed by atoms with van der Waals surface area (Å²) in [6, 6.07) is 4.14. The molecular formula is C18H19ClFN3O3S. The zero-order chi connectivity index (χ0) is 19.8. The maximum atomic E-state index is 13.6. The van der Waals surface area contributed by atoms with Crippen LogP contribution >= 0.6 is 11.6 Å². The smallest absolute Gasteiger partial charge is 0.248 e. The predicted octanol–water partition coefficient (Wildman–Crippen LogP) is 3.30. The average molecular weight is 412 g/mol. The van der Waals surface area contributed by atoms with Crippen LogP contribution in [0.3, 0.4) is 0 Å². The van der Waals surface area contributed by atoms with Crippen LogP contribution < -0.4 is 5.32 Å². The van der Waals surface area contributed by atoms with Crippen molar-refractivity contribution in [2.45, 2.75) is 26.3 Å². The van der Waals surface area contributed by atoms with Gasteiger partial charge in [0.05, 0.1) is 23.2 Å². The highest BCUT2D eigenvalue weighted by Gasteiger charge is 2.31. The number of nitrogens with one attached hydrogen (secondary N) is 1. The number of aromatic nitrogens is 2. The SMILES string of the molecule is Cc1ccc(NC(=O)/C=C/c2c(C)nn([C@@H]3CCS(=O)(=O)C3)c2Cl)cc1F. The van der Waals surface area contributed by atoms with Crippen molar-refractivity contribution in [1.29, 1.82) is 0 Å². The van der Waals surface area contributed by atoms with Gasteiger partial charge in [-0.3, -0.25) is 4.79 Å². The van der Waals surface area contributed by atoms with E-state index in [2.05, 4.69) is 10.4 Å². The second kappa shape index (κ2) is 7.44. The zero-order valence-electron chi connectivity index (χ0n) is 14.9. The standard InChI is InChI=1S/C18H19ClFN3O3S/c1-11-3-4-13(9-16(11)20)21-17(24)6-5-15-12(2)22-23(18(15)19)14-7-8-27(25,26)10-14/h3-6,9,14H,7-8,10H2,1-2H3,(H,21,24)/b6-5+/t14-/m1/s1. The fourth-order valence-electron chi connectivity index (χ4n) is 2.95. The van der Waals surface area contributed by atoms with Crippen molar-refractivity contribution >= 4 is 39.1 Å². The molecule has 144 valence electrons. The molecule has 0 saturated carbocycles. The summed E-state index contributed by atoms with van der Waals surface area (Å²) >= 11 is 6.36. The Morgan fingerprint density at radius 2 is 2.15 bits per heavy atom. The minimum absolute atomic E-state index is 0.0104. The van der Waals surface area contributed by atoms with Crippen LogP contribution in [0.5, 0.6) is 0 Å². The fraction of sp³-hybridized carbons (Fsp3) is 0.333. The first kappa shape index (κ1) is 19.6. The molecule has 6 nitrogen and oxygen atoms in total. The van der Waals surface area contributed by atoms with Crippen molar-refractivity contribution in [1.82, 2.24) is 9.78 Å². The van der Waals surface area contributed by atoms with E-state index in [0.29, 0.717) is 34.1 Å². The topological polar surface area (TPSA) is 81.1 Å². The summed E-state index contributed by atoms with van der Waals surface area (Å²) in [5.41, 5.74) is 1.98. The second-order valence-electron chi connectivity index (χ2n) is 6.58. The van der Waals surface area contributed by atoms with E-state index in [-0.39, 0.29) is 17.5 Å². The number of rotatable bonds is 4. The number of halogens is 2. The summed E-state index contributed by atoms with van der Waals surface area (Å²) in [4.78, 5) is 12.1. The average Bonchev–Trinajstić information content (AvgIpc) is 3.08. The van der Waals surface area contributed by atoms with Crippen LogP contribution in [0, 0.1) is 19.7 Å². The largest absolute Gasteiger partial charge is 0.322 e. The van der Waals surface area contributed by atoms with E-state index in [4.69, 9.17) is 11.6 Å². The van der Waals surface area contributed by atoms with Crippen LogP contribution in [0.25, 0.3) is 6.08 Å².